The van der Waals surface area contributed by atoms with Crippen molar-refractivity contribution >= 4 is 51.9 Å². The van der Waals surface area contributed by atoms with Crippen molar-refractivity contribution in [3.05, 3.63) is 70.2 Å². The second-order valence-electron chi connectivity index (χ2n) is 9.05. The van der Waals surface area contributed by atoms with Crippen LogP contribution in [0.3, 0.4) is 0 Å². The average molecular weight is 538 g/mol. The molecule has 8 heteroatoms. The molecule has 0 spiro atoms. The van der Waals surface area contributed by atoms with Crippen LogP contribution in [0.1, 0.15) is 51.0 Å². The van der Waals surface area contributed by atoms with Gasteiger partial charge in [-0.05, 0) is 55.7 Å². The molecule has 2 aliphatic rings. The van der Waals surface area contributed by atoms with Crippen molar-refractivity contribution in [2.75, 3.05) is 6.61 Å². The van der Waals surface area contributed by atoms with E-state index in [2.05, 4.69) is 6.92 Å². The molecule has 36 heavy (non-hydrogen) atoms. The number of carbonyl (C=O) groups is 1. The highest BCUT2D eigenvalue weighted by molar-refractivity contribution is 8.26. The second kappa shape index (κ2) is 11.2. The molecule has 3 aromatic rings. The predicted molar refractivity (Wildman–Crippen MR) is 152 cm³/mol. The third kappa shape index (κ3) is 5.24. The lowest BCUT2D eigenvalue weighted by atomic mass is 10.1. The Kier molecular flexibility index (Phi) is 7.79. The molecule has 1 saturated carbocycles. The van der Waals surface area contributed by atoms with E-state index in [0.717, 1.165) is 61.0 Å². The van der Waals surface area contributed by atoms with Crippen LogP contribution in [0.15, 0.2) is 59.6 Å². The van der Waals surface area contributed by atoms with Crippen molar-refractivity contribution in [2.45, 2.75) is 51.5 Å². The SMILES string of the molecule is CCCCOc1ccc(-c2nn(-c3ccccc3)cc2/C=C2/SC(=S)N(C3CCCC3)C2=O)cc1Cl. The fraction of sp³-hybridized carbons (Fsp3) is 0.321. The van der Waals surface area contributed by atoms with Gasteiger partial charge in [0.05, 0.1) is 22.2 Å². The van der Waals surface area contributed by atoms with Crippen LogP contribution in [0, 0.1) is 0 Å². The summed E-state index contributed by atoms with van der Waals surface area (Å²) in [6.45, 7) is 2.76. The lowest BCUT2D eigenvalue weighted by Gasteiger charge is -2.21. The van der Waals surface area contributed by atoms with Crippen molar-refractivity contribution in [2.24, 2.45) is 0 Å². The number of ether oxygens (including phenoxy) is 1. The van der Waals surface area contributed by atoms with Crippen LogP contribution in [0.25, 0.3) is 23.0 Å². The second-order valence-corrected chi connectivity index (χ2v) is 11.1. The highest BCUT2D eigenvalue weighted by atomic mass is 35.5. The molecule has 0 atom stereocenters. The monoisotopic (exact) mass is 537 g/mol. The maximum absolute atomic E-state index is 13.3. The van der Waals surface area contributed by atoms with Crippen LogP contribution < -0.4 is 4.74 Å². The van der Waals surface area contributed by atoms with Gasteiger partial charge in [-0.15, -0.1) is 0 Å². The fourth-order valence-electron chi connectivity index (χ4n) is 4.62. The van der Waals surface area contributed by atoms with Crippen LogP contribution in [0.4, 0.5) is 0 Å². The quantitative estimate of drug-likeness (QED) is 0.169. The minimum absolute atomic E-state index is 0.00647. The molecule has 1 saturated heterocycles. The maximum Gasteiger partial charge on any atom is 0.266 e. The summed E-state index contributed by atoms with van der Waals surface area (Å²) in [5.74, 6) is 0.656. The molecule has 0 bridgehead atoms. The van der Waals surface area contributed by atoms with Crippen LogP contribution in [-0.4, -0.2) is 37.6 Å². The predicted octanol–water partition coefficient (Wildman–Crippen LogP) is 7.52. The Morgan fingerprint density at radius 1 is 1.19 bits per heavy atom. The first-order valence-corrected chi connectivity index (χ1v) is 14.0. The number of rotatable bonds is 8. The lowest BCUT2D eigenvalue weighted by Crippen LogP contribution is -2.36. The minimum Gasteiger partial charge on any atom is -0.492 e. The zero-order chi connectivity index (χ0) is 25.1. The topological polar surface area (TPSA) is 47.4 Å². The molecule has 1 aliphatic carbocycles. The van der Waals surface area contributed by atoms with E-state index in [1.54, 1.807) is 0 Å². The molecule has 0 radical (unpaired) electrons. The number of thiocarbonyl (C=S) groups is 1. The number of benzene rings is 2. The summed E-state index contributed by atoms with van der Waals surface area (Å²) in [5, 5.41) is 5.42. The highest BCUT2D eigenvalue weighted by Gasteiger charge is 2.38. The minimum atomic E-state index is -0.00647. The van der Waals surface area contributed by atoms with Crippen molar-refractivity contribution in [3.63, 3.8) is 0 Å². The summed E-state index contributed by atoms with van der Waals surface area (Å²) in [6, 6.07) is 15.9. The molecule has 2 heterocycles. The molecular weight excluding hydrogens is 510 g/mol. The first-order valence-electron chi connectivity index (χ1n) is 12.4. The number of hydrogen-bond acceptors (Lipinski definition) is 5. The first-order chi connectivity index (χ1) is 17.5. The Balaban J connectivity index is 1.51. The number of thioether (sulfide) groups is 1. The normalized spacial score (nSPS) is 17.5. The average Bonchev–Trinajstić information content (AvgIpc) is 3.61. The van der Waals surface area contributed by atoms with E-state index < -0.39 is 0 Å². The zero-order valence-electron chi connectivity index (χ0n) is 20.2. The van der Waals surface area contributed by atoms with Crippen LogP contribution >= 0.6 is 35.6 Å². The van der Waals surface area contributed by atoms with E-state index in [0.29, 0.717) is 26.6 Å². The van der Waals surface area contributed by atoms with Gasteiger partial charge >= 0.3 is 0 Å². The van der Waals surface area contributed by atoms with Gasteiger partial charge in [0.15, 0.2) is 0 Å². The van der Waals surface area contributed by atoms with Gasteiger partial charge in [0.25, 0.3) is 5.91 Å². The fourth-order valence-corrected chi connectivity index (χ4v) is 6.25. The van der Waals surface area contributed by atoms with Gasteiger partial charge in [-0.2, -0.15) is 5.10 Å². The molecule has 0 N–H and O–H groups in total. The van der Waals surface area contributed by atoms with Gasteiger partial charge in [-0.25, -0.2) is 4.68 Å². The molecular formula is C28H28ClN3O2S2. The highest BCUT2D eigenvalue weighted by Crippen LogP contribution is 2.39. The van der Waals surface area contributed by atoms with Gasteiger partial charge in [-0.3, -0.25) is 9.69 Å². The van der Waals surface area contributed by atoms with E-state index >= 15 is 0 Å². The van der Waals surface area contributed by atoms with Gasteiger partial charge in [0.1, 0.15) is 15.8 Å². The Labute approximate surface area is 226 Å². The number of carbonyl (C=O) groups excluding carboxylic acids is 1. The maximum atomic E-state index is 13.3. The number of nitrogens with zero attached hydrogens (tertiary/aromatic N) is 3. The summed E-state index contributed by atoms with van der Waals surface area (Å²) in [4.78, 5) is 15.8. The van der Waals surface area contributed by atoms with Gasteiger partial charge in [0.2, 0.25) is 0 Å². The Hall–Kier alpha value is -2.61. The van der Waals surface area contributed by atoms with E-state index in [-0.39, 0.29) is 11.9 Å². The summed E-state index contributed by atoms with van der Waals surface area (Å²) < 4.78 is 8.31. The summed E-state index contributed by atoms with van der Waals surface area (Å²) in [5.41, 5.74) is 3.37. The Morgan fingerprint density at radius 2 is 1.97 bits per heavy atom. The molecule has 1 aliphatic heterocycles. The van der Waals surface area contributed by atoms with Crippen LogP contribution in [-0.2, 0) is 4.79 Å². The molecule has 1 amide bonds. The molecule has 186 valence electrons. The summed E-state index contributed by atoms with van der Waals surface area (Å²) in [7, 11) is 0. The number of aromatic nitrogens is 2. The van der Waals surface area contributed by atoms with Crippen molar-refractivity contribution in [1.29, 1.82) is 0 Å². The van der Waals surface area contributed by atoms with Crippen LogP contribution in [0.2, 0.25) is 5.02 Å². The van der Waals surface area contributed by atoms with Crippen molar-refractivity contribution in [3.8, 4) is 22.7 Å². The third-order valence-corrected chi connectivity index (χ3v) is 8.15. The Bertz CT molecular complexity index is 1300. The standard InChI is InChI=1S/C28H28ClN3O2S2/c1-2-3-15-34-24-14-13-19(16-23(24)29)26-20(18-31(30-26)21-9-5-4-6-10-21)17-25-27(33)32(28(35)36-25)22-11-7-8-12-22/h4-6,9-10,13-14,16-18,22H,2-3,7-8,11-12,15H2,1H3/b25-17+. The van der Waals surface area contributed by atoms with Crippen LogP contribution in [0.5, 0.6) is 5.75 Å². The Morgan fingerprint density at radius 3 is 2.69 bits per heavy atom. The molecule has 2 aromatic carbocycles. The summed E-state index contributed by atoms with van der Waals surface area (Å²) in [6.07, 6.45) is 10.2. The molecule has 0 unspecified atom stereocenters. The van der Waals surface area contributed by atoms with Crippen molar-refractivity contribution < 1.29 is 9.53 Å². The van der Waals surface area contributed by atoms with E-state index in [1.165, 1.54) is 11.8 Å². The lowest BCUT2D eigenvalue weighted by molar-refractivity contribution is -0.123. The number of hydrogen-bond donors (Lipinski definition) is 0. The summed E-state index contributed by atoms with van der Waals surface area (Å²) >= 11 is 13.6. The number of unbranched alkanes of at least 4 members (excludes halogenated alkanes) is 1. The smallest absolute Gasteiger partial charge is 0.266 e. The molecule has 2 fully saturated rings. The van der Waals surface area contributed by atoms with E-state index in [4.69, 9.17) is 33.7 Å². The van der Waals surface area contributed by atoms with Crippen molar-refractivity contribution in [1.82, 2.24) is 14.7 Å². The molecule has 1 aromatic heterocycles. The van der Waals surface area contributed by atoms with E-state index in [1.807, 2.05) is 70.4 Å². The number of para-hydroxylation sites is 1. The zero-order valence-corrected chi connectivity index (χ0v) is 22.5. The third-order valence-electron chi connectivity index (χ3n) is 6.52. The largest absolute Gasteiger partial charge is 0.492 e. The number of halogens is 1. The van der Waals surface area contributed by atoms with Gasteiger partial charge < -0.3 is 4.74 Å². The molecule has 5 rings (SSSR count). The van der Waals surface area contributed by atoms with Gasteiger partial charge in [-0.1, -0.05) is 80.0 Å². The van der Waals surface area contributed by atoms with Gasteiger partial charge in [0, 0.05) is 23.4 Å². The molecule has 5 nitrogen and oxygen atoms in total. The number of amides is 1. The van der Waals surface area contributed by atoms with E-state index in [9.17, 15) is 4.79 Å². The first kappa shape index (κ1) is 25.1.